The smallest absolute Gasteiger partial charge is 0.261 e. The van der Waals surface area contributed by atoms with E-state index in [1.807, 2.05) is 64.9 Å². The molecule has 2 N–H and O–H groups in total. The van der Waals surface area contributed by atoms with Crippen molar-refractivity contribution in [3.63, 3.8) is 0 Å². The Labute approximate surface area is 214 Å². The molecule has 182 valence electrons. The van der Waals surface area contributed by atoms with Gasteiger partial charge < -0.3 is 15.5 Å². The van der Waals surface area contributed by atoms with Crippen molar-refractivity contribution < 1.29 is 9.59 Å². The molecule has 36 heavy (non-hydrogen) atoms. The van der Waals surface area contributed by atoms with Crippen molar-refractivity contribution >= 4 is 34.8 Å². The predicted octanol–water partition coefficient (Wildman–Crippen LogP) is 5.29. The van der Waals surface area contributed by atoms with Crippen LogP contribution in [0.1, 0.15) is 38.4 Å². The summed E-state index contributed by atoms with van der Waals surface area (Å²) in [6, 6.07) is 21.2. The van der Waals surface area contributed by atoms with Crippen molar-refractivity contribution in [1.82, 2.24) is 20.2 Å². The van der Waals surface area contributed by atoms with Gasteiger partial charge in [0.15, 0.2) is 0 Å². The molecule has 0 aliphatic carbocycles. The van der Waals surface area contributed by atoms with Crippen LogP contribution in [-0.4, -0.2) is 45.8 Å². The molecule has 1 saturated heterocycles. The highest BCUT2D eigenvalue weighted by Gasteiger charge is 2.25. The lowest BCUT2D eigenvalue weighted by Crippen LogP contribution is -2.46. The van der Waals surface area contributed by atoms with E-state index in [0.717, 1.165) is 34.7 Å². The Bertz CT molecular complexity index is 1330. The fourth-order valence-electron chi connectivity index (χ4n) is 4.20. The number of aromatic nitrogens is 2. The highest BCUT2D eigenvalue weighted by Crippen LogP contribution is 2.21. The topological polar surface area (TPSA) is 87.2 Å². The van der Waals surface area contributed by atoms with Crippen LogP contribution in [0, 0.1) is 6.92 Å². The second-order valence-corrected chi connectivity index (χ2v) is 9.80. The molecule has 1 fully saturated rings. The molecule has 2 aromatic carbocycles. The van der Waals surface area contributed by atoms with Gasteiger partial charge in [0.1, 0.15) is 0 Å². The SMILES string of the molecule is Cc1ccc(-c2ccnc(Nc3ccc(C(=O)N4CCC(NC(=O)c5cccs5)CC4)cc3)n2)cc1. The van der Waals surface area contributed by atoms with Crippen LogP contribution in [0.15, 0.2) is 78.3 Å². The molecule has 2 amide bonds. The molecule has 0 radical (unpaired) electrons. The van der Waals surface area contributed by atoms with Gasteiger partial charge in [-0.15, -0.1) is 11.3 Å². The van der Waals surface area contributed by atoms with E-state index >= 15 is 0 Å². The largest absolute Gasteiger partial charge is 0.348 e. The number of likely N-dealkylation sites (tertiary alicyclic amines) is 1. The number of hydrogen-bond acceptors (Lipinski definition) is 6. The minimum atomic E-state index is -0.0359. The van der Waals surface area contributed by atoms with Gasteiger partial charge in [-0.1, -0.05) is 35.9 Å². The number of nitrogens with one attached hydrogen (secondary N) is 2. The lowest BCUT2D eigenvalue weighted by atomic mass is 10.0. The molecule has 0 atom stereocenters. The van der Waals surface area contributed by atoms with Crippen LogP contribution in [0.3, 0.4) is 0 Å². The third-order valence-corrected chi connectivity index (χ3v) is 7.12. The maximum absolute atomic E-state index is 13.0. The third kappa shape index (κ3) is 5.60. The molecular formula is C28H27N5O2S. The molecular weight excluding hydrogens is 470 g/mol. The molecule has 0 bridgehead atoms. The summed E-state index contributed by atoms with van der Waals surface area (Å²) in [5, 5.41) is 8.20. The van der Waals surface area contributed by atoms with E-state index < -0.39 is 0 Å². The van der Waals surface area contributed by atoms with E-state index in [4.69, 9.17) is 0 Å². The van der Waals surface area contributed by atoms with Crippen LogP contribution in [0.2, 0.25) is 0 Å². The molecule has 2 aromatic heterocycles. The Hall–Kier alpha value is -4.04. The number of benzene rings is 2. The average Bonchev–Trinajstić information content (AvgIpc) is 3.45. The van der Waals surface area contributed by atoms with E-state index in [2.05, 4.69) is 39.7 Å². The minimum absolute atomic E-state index is 0.00204. The van der Waals surface area contributed by atoms with Gasteiger partial charge in [0.2, 0.25) is 5.95 Å². The summed E-state index contributed by atoms with van der Waals surface area (Å²) in [4.78, 5) is 36.8. The zero-order valence-electron chi connectivity index (χ0n) is 20.0. The van der Waals surface area contributed by atoms with Crippen LogP contribution >= 0.6 is 11.3 Å². The standard InChI is InChI=1S/C28H27N5O2S/c1-19-4-6-20(7-5-19)24-12-15-29-28(32-24)31-22-10-8-21(9-11-22)27(35)33-16-13-23(14-17-33)30-26(34)25-3-2-18-36-25/h2-12,15,18,23H,13-14,16-17H2,1H3,(H,30,34)(H,29,31,32). The summed E-state index contributed by atoms with van der Waals surface area (Å²) in [5.41, 5.74) is 4.51. The van der Waals surface area contributed by atoms with Gasteiger partial charge in [-0.2, -0.15) is 0 Å². The van der Waals surface area contributed by atoms with Crippen molar-refractivity contribution in [3.05, 3.63) is 94.3 Å². The van der Waals surface area contributed by atoms with Crippen molar-refractivity contribution in [3.8, 4) is 11.3 Å². The first-order valence-corrected chi connectivity index (χ1v) is 12.8. The predicted molar refractivity (Wildman–Crippen MR) is 143 cm³/mol. The Kier molecular flexibility index (Phi) is 7.04. The third-order valence-electron chi connectivity index (χ3n) is 6.25. The van der Waals surface area contributed by atoms with Crippen LogP contribution in [-0.2, 0) is 0 Å². The highest BCUT2D eigenvalue weighted by atomic mass is 32.1. The number of hydrogen-bond donors (Lipinski definition) is 2. The van der Waals surface area contributed by atoms with Gasteiger partial charge in [0.25, 0.3) is 11.8 Å². The van der Waals surface area contributed by atoms with Crippen molar-refractivity contribution in [1.29, 1.82) is 0 Å². The number of carbonyl (C=O) groups excluding carboxylic acids is 2. The van der Waals surface area contributed by atoms with Gasteiger partial charge in [0.05, 0.1) is 10.6 Å². The van der Waals surface area contributed by atoms with Gasteiger partial charge in [0, 0.05) is 42.1 Å². The van der Waals surface area contributed by atoms with E-state index in [1.54, 1.807) is 6.20 Å². The van der Waals surface area contributed by atoms with Crippen molar-refractivity contribution in [2.75, 3.05) is 18.4 Å². The number of amides is 2. The maximum atomic E-state index is 13.0. The Morgan fingerprint density at radius 3 is 2.42 bits per heavy atom. The normalized spacial score (nSPS) is 13.9. The average molecular weight is 498 g/mol. The lowest BCUT2D eigenvalue weighted by Gasteiger charge is -2.32. The molecule has 4 aromatic rings. The number of thiophene rings is 1. The van der Waals surface area contributed by atoms with Gasteiger partial charge in [-0.25, -0.2) is 9.97 Å². The second kappa shape index (κ2) is 10.7. The zero-order chi connectivity index (χ0) is 24.9. The molecule has 3 heterocycles. The molecule has 1 aliphatic heterocycles. The van der Waals surface area contributed by atoms with Gasteiger partial charge in [-0.05, 0) is 61.5 Å². The summed E-state index contributed by atoms with van der Waals surface area (Å²) in [6.07, 6.45) is 3.23. The number of nitrogens with zero attached hydrogens (tertiary/aromatic N) is 3. The Morgan fingerprint density at radius 2 is 1.72 bits per heavy atom. The number of aryl methyl sites for hydroxylation is 1. The van der Waals surface area contributed by atoms with E-state index in [1.165, 1.54) is 16.9 Å². The van der Waals surface area contributed by atoms with Crippen LogP contribution in [0.5, 0.6) is 0 Å². The number of carbonyl (C=O) groups is 2. The lowest BCUT2D eigenvalue weighted by molar-refractivity contribution is 0.0698. The molecule has 1 aliphatic rings. The fraction of sp³-hybridized carbons (Fsp3) is 0.214. The summed E-state index contributed by atoms with van der Waals surface area (Å²) in [7, 11) is 0. The Balaban J connectivity index is 1.16. The monoisotopic (exact) mass is 497 g/mol. The second-order valence-electron chi connectivity index (χ2n) is 8.85. The molecule has 7 nitrogen and oxygen atoms in total. The quantitative estimate of drug-likeness (QED) is 0.378. The van der Waals surface area contributed by atoms with Crippen LogP contribution in [0.4, 0.5) is 11.6 Å². The molecule has 8 heteroatoms. The van der Waals surface area contributed by atoms with Crippen LogP contribution < -0.4 is 10.6 Å². The first kappa shape index (κ1) is 23.7. The summed E-state index contributed by atoms with van der Waals surface area (Å²) in [5.74, 6) is 0.465. The number of piperidine rings is 1. The molecule has 0 unspecified atom stereocenters. The zero-order valence-corrected chi connectivity index (χ0v) is 20.8. The molecule has 5 rings (SSSR count). The van der Waals surface area contributed by atoms with Gasteiger partial charge >= 0.3 is 0 Å². The number of anilines is 2. The van der Waals surface area contributed by atoms with Crippen LogP contribution in [0.25, 0.3) is 11.3 Å². The minimum Gasteiger partial charge on any atom is -0.348 e. The first-order chi connectivity index (χ1) is 17.5. The fourth-order valence-corrected chi connectivity index (χ4v) is 4.83. The summed E-state index contributed by atoms with van der Waals surface area (Å²) >= 11 is 1.43. The Morgan fingerprint density at radius 1 is 0.972 bits per heavy atom. The van der Waals surface area contributed by atoms with Crippen molar-refractivity contribution in [2.24, 2.45) is 0 Å². The summed E-state index contributed by atoms with van der Waals surface area (Å²) in [6.45, 7) is 3.29. The van der Waals surface area contributed by atoms with Gasteiger partial charge in [-0.3, -0.25) is 9.59 Å². The highest BCUT2D eigenvalue weighted by molar-refractivity contribution is 7.12. The summed E-state index contributed by atoms with van der Waals surface area (Å²) < 4.78 is 0. The molecule has 0 spiro atoms. The van der Waals surface area contributed by atoms with E-state index in [9.17, 15) is 9.59 Å². The first-order valence-electron chi connectivity index (χ1n) is 12.0. The maximum Gasteiger partial charge on any atom is 0.261 e. The van der Waals surface area contributed by atoms with E-state index in [0.29, 0.717) is 24.6 Å². The number of rotatable bonds is 6. The van der Waals surface area contributed by atoms with Crippen molar-refractivity contribution in [2.45, 2.75) is 25.8 Å². The van der Waals surface area contributed by atoms with E-state index in [-0.39, 0.29) is 17.9 Å². The molecule has 0 saturated carbocycles.